The number of carboxylic acids is 1. The van der Waals surface area contributed by atoms with Gasteiger partial charge in [-0.25, -0.2) is 4.79 Å². The highest BCUT2D eigenvalue weighted by Gasteiger charge is 2.03. The van der Waals surface area contributed by atoms with Gasteiger partial charge >= 0.3 is 5.97 Å². The predicted octanol–water partition coefficient (Wildman–Crippen LogP) is 4.60. The van der Waals surface area contributed by atoms with Crippen molar-refractivity contribution >= 4 is 5.97 Å². The maximum atomic E-state index is 10.7. The van der Waals surface area contributed by atoms with Crippen molar-refractivity contribution in [2.75, 3.05) is 0 Å². The molecule has 2 N–H and O–H groups in total. The van der Waals surface area contributed by atoms with Gasteiger partial charge in [-0.1, -0.05) is 57.8 Å². The number of hydrogen-bond acceptors (Lipinski definition) is 1. The SMILES string of the molecule is CCCCCCCCCCC#Cc1ccc(C(=O)O)[nH]1. The number of hydrogen-bond donors (Lipinski definition) is 2. The highest BCUT2D eigenvalue weighted by atomic mass is 16.4. The molecular weight excluding hydrogens is 250 g/mol. The van der Waals surface area contributed by atoms with Crippen LogP contribution in [0.3, 0.4) is 0 Å². The molecule has 0 amide bonds. The van der Waals surface area contributed by atoms with E-state index >= 15 is 0 Å². The topological polar surface area (TPSA) is 53.1 Å². The smallest absolute Gasteiger partial charge is 0.352 e. The molecule has 0 unspecified atom stereocenters. The summed E-state index contributed by atoms with van der Waals surface area (Å²) in [5.41, 5.74) is 0.878. The number of aromatic nitrogens is 1. The van der Waals surface area contributed by atoms with Crippen molar-refractivity contribution in [2.24, 2.45) is 0 Å². The lowest BCUT2D eigenvalue weighted by Gasteiger charge is -1.99. The van der Waals surface area contributed by atoms with Gasteiger partial charge in [0.05, 0.1) is 5.69 Å². The Labute approximate surface area is 121 Å². The highest BCUT2D eigenvalue weighted by molar-refractivity contribution is 5.85. The van der Waals surface area contributed by atoms with Crippen LogP contribution < -0.4 is 0 Å². The Bertz CT molecular complexity index is 451. The van der Waals surface area contributed by atoms with Crippen molar-refractivity contribution in [3.05, 3.63) is 23.5 Å². The minimum atomic E-state index is -0.943. The molecule has 0 spiro atoms. The van der Waals surface area contributed by atoms with E-state index in [1.54, 1.807) is 12.1 Å². The fraction of sp³-hybridized carbons (Fsp3) is 0.588. The highest BCUT2D eigenvalue weighted by Crippen LogP contribution is 2.09. The molecule has 0 aromatic carbocycles. The Morgan fingerprint density at radius 1 is 1.10 bits per heavy atom. The molecule has 0 saturated heterocycles. The van der Waals surface area contributed by atoms with Gasteiger partial charge in [0.15, 0.2) is 0 Å². The van der Waals surface area contributed by atoms with Crippen LogP contribution in [-0.2, 0) is 0 Å². The molecule has 0 bridgehead atoms. The summed E-state index contributed by atoms with van der Waals surface area (Å²) < 4.78 is 0. The Balaban J connectivity index is 2.06. The fourth-order valence-corrected chi connectivity index (χ4v) is 2.10. The minimum absolute atomic E-state index is 0.196. The molecule has 110 valence electrons. The van der Waals surface area contributed by atoms with Gasteiger partial charge in [-0.3, -0.25) is 0 Å². The Morgan fingerprint density at radius 2 is 1.75 bits per heavy atom. The van der Waals surface area contributed by atoms with Crippen molar-refractivity contribution in [1.82, 2.24) is 4.98 Å². The van der Waals surface area contributed by atoms with E-state index in [-0.39, 0.29) is 5.69 Å². The molecule has 0 aliphatic carbocycles. The van der Waals surface area contributed by atoms with Crippen molar-refractivity contribution in [3.8, 4) is 11.8 Å². The molecular formula is C17H25NO2. The molecule has 1 aromatic rings. The summed E-state index contributed by atoms with van der Waals surface area (Å²) in [6, 6.07) is 3.26. The summed E-state index contributed by atoms with van der Waals surface area (Å²) in [5, 5.41) is 8.76. The fourth-order valence-electron chi connectivity index (χ4n) is 2.10. The number of aromatic amines is 1. The molecule has 20 heavy (non-hydrogen) atoms. The third kappa shape index (κ3) is 7.04. The van der Waals surface area contributed by atoms with Crippen LogP contribution in [0.1, 0.15) is 80.9 Å². The predicted molar refractivity (Wildman–Crippen MR) is 81.9 cm³/mol. The van der Waals surface area contributed by atoms with Gasteiger partial charge in [0, 0.05) is 6.42 Å². The van der Waals surface area contributed by atoms with E-state index in [1.165, 1.54) is 44.9 Å². The van der Waals surface area contributed by atoms with Crippen LogP contribution >= 0.6 is 0 Å². The molecule has 1 aromatic heterocycles. The Hall–Kier alpha value is -1.69. The van der Waals surface area contributed by atoms with E-state index in [2.05, 4.69) is 23.7 Å². The van der Waals surface area contributed by atoms with Gasteiger partial charge in [0.2, 0.25) is 0 Å². The number of carbonyl (C=O) groups is 1. The maximum absolute atomic E-state index is 10.7. The average molecular weight is 275 g/mol. The van der Waals surface area contributed by atoms with Crippen LogP contribution in [0.15, 0.2) is 12.1 Å². The summed E-state index contributed by atoms with van der Waals surface area (Å²) in [6.07, 6.45) is 11.3. The van der Waals surface area contributed by atoms with Crippen molar-refractivity contribution in [3.63, 3.8) is 0 Å². The van der Waals surface area contributed by atoms with E-state index < -0.39 is 5.97 Å². The molecule has 1 heterocycles. The number of aromatic carboxylic acids is 1. The van der Waals surface area contributed by atoms with Crippen LogP contribution in [0.5, 0.6) is 0 Å². The zero-order valence-corrected chi connectivity index (χ0v) is 12.4. The molecule has 0 fully saturated rings. The largest absolute Gasteiger partial charge is 0.477 e. The standard InChI is InChI=1S/C17H25NO2/c1-2-3-4-5-6-7-8-9-10-11-12-15-13-14-16(18-15)17(19)20/h13-14,18H,2-10H2,1H3,(H,19,20). The van der Waals surface area contributed by atoms with E-state index in [4.69, 9.17) is 5.11 Å². The summed E-state index contributed by atoms with van der Waals surface area (Å²) in [6.45, 7) is 2.24. The first-order valence-corrected chi connectivity index (χ1v) is 7.65. The van der Waals surface area contributed by atoms with Gasteiger partial charge in [0.25, 0.3) is 0 Å². The lowest BCUT2D eigenvalue weighted by Crippen LogP contribution is -1.95. The van der Waals surface area contributed by atoms with Gasteiger partial charge in [-0.2, -0.15) is 0 Å². The molecule has 0 saturated carbocycles. The third-order valence-electron chi connectivity index (χ3n) is 3.29. The van der Waals surface area contributed by atoms with Gasteiger partial charge < -0.3 is 10.1 Å². The lowest BCUT2D eigenvalue weighted by atomic mass is 10.1. The zero-order chi connectivity index (χ0) is 14.6. The zero-order valence-electron chi connectivity index (χ0n) is 12.4. The van der Waals surface area contributed by atoms with E-state index in [9.17, 15) is 4.79 Å². The minimum Gasteiger partial charge on any atom is -0.477 e. The number of unbranched alkanes of at least 4 members (excludes halogenated alkanes) is 8. The molecule has 0 radical (unpaired) electrons. The molecule has 0 aliphatic heterocycles. The molecule has 1 rings (SSSR count). The molecule has 0 atom stereocenters. The number of H-pyrrole nitrogens is 1. The van der Waals surface area contributed by atoms with E-state index in [1.807, 2.05) is 0 Å². The van der Waals surface area contributed by atoms with Crippen LogP contribution in [0, 0.1) is 11.8 Å². The monoisotopic (exact) mass is 275 g/mol. The number of nitrogens with one attached hydrogen (secondary N) is 1. The van der Waals surface area contributed by atoms with Gasteiger partial charge in [-0.05, 0) is 24.5 Å². The van der Waals surface area contributed by atoms with Gasteiger partial charge in [0.1, 0.15) is 5.69 Å². The first-order valence-electron chi connectivity index (χ1n) is 7.65. The quantitative estimate of drug-likeness (QED) is 0.511. The lowest BCUT2D eigenvalue weighted by molar-refractivity contribution is 0.0691. The summed E-state index contributed by atoms with van der Waals surface area (Å²) >= 11 is 0. The first-order chi connectivity index (χ1) is 9.74. The van der Waals surface area contributed by atoms with Crippen LogP contribution in [-0.4, -0.2) is 16.1 Å². The van der Waals surface area contributed by atoms with Crippen LogP contribution in [0.4, 0.5) is 0 Å². The molecule has 3 nitrogen and oxygen atoms in total. The molecule has 3 heteroatoms. The average Bonchev–Trinajstić information content (AvgIpc) is 2.90. The molecule has 0 aliphatic rings. The van der Waals surface area contributed by atoms with Crippen molar-refractivity contribution < 1.29 is 9.90 Å². The summed E-state index contributed by atoms with van der Waals surface area (Å²) in [7, 11) is 0. The van der Waals surface area contributed by atoms with Crippen LogP contribution in [0.2, 0.25) is 0 Å². The second kappa shape index (κ2) is 10.1. The second-order valence-corrected chi connectivity index (χ2v) is 5.12. The normalized spacial score (nSPS) is 10.1. The van der Waals surface area contributed by atoms with Crippen LogP contribution in [0.25, 0.3) is 0 Å². The Morgan fingerprint density at radius 3 is 2.35 bits per heavy atom. The summed E-state index contributed by atoms with van der Waals surface area (Å²) in [4.78, 5) is 13.4. The first kappa shape index (κ1) is 16.4. The van der Waals surface area contributed by atoms with E-state index in [0.29, 0.717) is 5.69 Å². The third-order valence-corrected chi connectivity index (χ3v) is 3.29. The Kier molecular flexibility index (Phi) is 8.30. The van der Waals surface area contributed by atoms with Gasteiger partial charge in [-0.15, -0.1) is 0 Å². The second-order valence-electron chi connectivity index (χ2n) is 5.12. The number of carboxylic acid groups (broad SMARTS) is 1. The summed E-state index contributed by atoms with van der Waals surface area (Å²) in [5.74, 6) is 5.12. The van der Waals surface area contributed by atoms with E-state index in [0.717, 1.165) is 12.8 Å². The van der Waals surface area contributed by atoms with Crippen molar-refractivity contribution in [1.29, 1.82) is 0 Å². The maximum Gasteiger partial charge on any atom is 0.352 e. The number of rotatable bonds is 9. The van der Waals surface area contributed by atoms with Crippen molar-refractivity contribution in [2.45, 2.75) is 64.7 Å².